The second-order valence-electron chi connectivity index (χ2n) is 6.69. The Morgan fingerprint density at radius 3 is 2.47 bits per heavy atom. The zero-order valence-corrected chi connectivity index (χ0v) is 16.9. The number of amides is 2. The highest BCUT2D eigenvalue weighted by atomic mass is 32.1. The summed E-state index contributed by atoms with van der Waals surface area (Å²) in [6.45, 7) is 1.58. The van der Waals surface area contributed by atoms with E-state index in [1.165, 1.54) is 34.4 Å². The number of nitrogens with one attached hydrogen (secondary N) is 1. The highest BCUT2D eigenvalue weighted by Gasteiger charge is 2.35. The number of benzene rings is 2. The van der Waals surface area contributed by atoms with Gasteiger partial charge in [0.1, 0.15) is 0 Å². The Morgan fingerprint density at radius 1 is 1.17 bits per heavy atom. The maximum atomic E-state index is 13.3. The van der Waals surface area contributed by atoms with E-state index in [0.717, 1.165) is 17.3 Å². The number of hydrogen-bond acceptors (Lipinski definition) is 4. The van der Waals surface area contributed by atoms with Crippen LogP contribution in [0.5, 0.6) is 0 Å². The van der Waals surface area contributed by atoms with Crippen molar-refractivity contribution in [1.29, 1.82) is 0 Å². The van der Waals surface area contributed by atoms with E-state index in [9.17, 15) is 23.1 Å². The zero-order chi connectivity index (χ0) is 21.7. The molecule has 0 radical (unpaired) electrons. The molecule has 0 unspecified atom stereocenters. The van der Waals surface area contributed by atoms with Crippen LogP contribution in [0.1, 0.15) is 28.5 Å². The van der Waals surface area contributed by atoms with Crippen LogP contribution in [0.25, 0.3) is 0 Å². The van der Waals surface area contributed by atoms with Gasteiger partial charge < -0.3 is 10.0 Å². The fraction of sp³-hybridized carbons (Fsp3) is 0.238. The van der Waals surface area contributed by atoms with Crippen molar-refractivity contribution in [2.75, 3.05) is 11.9 Å². The molecule has 2 amide bonds. The number of aliphatic hydroxyl groups is 1. The van der Waals surface area contributed by atoms with Crippen molar-refractivity contribution in [3.8, 4) is 0 Å². The third-order valence-corrected chi connectivity index (χ3v) is 5.23. The lowest BCUT2D eigenvalue weighted by molar-refractivity contribution is -0.139. The number of rotatable bonds is 6. The Kier molecular flexibility index (Phi) is 6.73. The molecule has 1 heterocycles. The highest BCUT2D eigenvalue weighted by Crippen LogP contribution is 2.34. The summed E-state index contributed by atoms with van der Waals surface area (Å²) in [7, 11) is 0. The van der Waals surface area contributed by atoms with Gasteiger partial charge >= 0.3 is 12.2 Å². The van der Waals surface area contributed by atoms with Crippen LogP contribution in [0, 0.1) is 6.92 Å². The first kappa shape index (κ1) is 21.8. The fourth-order valence-corrected chi connectivity index (χ4v) is 3.64. The number of thiazole rings is 1. The Bertz CT molecular complexity index is 992. The molecule has 0 spiro atoms. The van der Waals surface area contributed by atoms with Crippen molar-refractivity contribution in [3.63, 3.8) is 0 Å². The third kappa shape index (κ3) is 5.58. The molecule has 1 atom stereocenters. The molecule has 2 aromatic carbocycles. The molecule has 158 valence electrons. The SMILES string of the molecule is Cc1csc(NC(=O)N(Cc2ccccc2)C[C@@H](O)c2ccccc2C(F)(F)F)n1. The lowest BCUT2D eigenvalue weighted by Crippen LogP contribution is -2.37. The first-order valence-corrected chi connectivity index (χ1v) is 9.98. The number of hydrogen-bond donors (Lipinski definition) is 2. The summed E-state index contributed by atoms with van der Waals surface area (Å²) >= 11 is 1.24. The molecule has 30 heavy (non-hydrogen) atoms. The van der Waals surface area contributed by atoms with Crippen molar-refractivity contribution in [2.45, 2.75) is 25.7 Å². The summed E-state index contributed by atoms with van der Waals surface area (Å²) in [6.07, 6.45) is -6.13. The molecule has 0 aliphatic carbocycles. The summed E-state index contributed by atoms with van der Waals surface area (Å²) in [5, 5.41) is 15.4. The van der Waals surface area contributed by atoms with Gasteiger partial charge in [-0.15, -0.1) is 11.3 Å². The largest absolute Gasteiger partial charge is 0.416 e. The van der Waals surface area contributed by atoms with Crippen LogP contribution in [-0.4, -0.2) is 27.6 Å². The lowest BCUT2D eigenvalue weighted by Gasteiger charge is -2.26. The number of halogens is 3. The van der Waals surface area contributed by atoms with Crippen LogP contribution in [0.3, 0.4) is 0 Å². The van der Waals surface area contributed by atoms with Crippen molar-refractivity contribution < 1.29 is 23.1 Å². The van der Waals surface area contributed by atoms with Crippen LogP contribution >= 0.6 is 11.3 Å². The first-order valence-electron chi connectivity index (χ1n) is 9.10. The van der Waals surface area contributed by atoms with E-state index in [0.29, 0.717) is 5.13 Å². The van der Waals surface area contributed by atoms with Crippen LogP contribution in [-0.2, 0) is 12.7 Å². The number of anilines is 1. The molecule has 0 fully saturated rings. The Morgan fingerprint density at radius 2 is 1.83 bits per heavy atom. The second-order valence-corrected chi connectivity index (χ2v) is 7.55. The zero-order valence-electron chi connectivity index (χ0n) is 16.1. The number of aliphatic hydroxyl groups excluding tert-OH is 1. The van der Waals surface area contributed by atoms with Gasteiger partial charge in [0.25, 0.3) is 0 Å². The molecular weight excluding hydrogens is 415 g/mol. The topological polar surface area (TPSA) is 65.5 Å². The van der Waals surface area contributed by atoms with E-state index in [1.54, 1.807) is 36.6 Å². The molecule has 0 saturated heterocycles. The predicted octanol–water partition coefficient (Wildman–Crippen LogP) is 5.24. The summed E-state index contributed by atoms with van der Waals surface area (Å²) in [6, 6.07) is 13.3. The minimum atomic E-state index is -4.61. The van der Waals surface area contributed by atoms with Crippen LogP contribution in [0.4, 0.5) is 23.1 Å². The summed E-state index contributed by atoms with van der Waals surface area (Å²) in [5.74, 6) is 0. The quantitative estimate of drug-likeness (QED) is 0.557. The van der Waals surface area contributed by atoms with Crippen molar-refractivity contribution >= 4 is 22.5 Å². The molecule has 2 N–H and O–H groups in total. The molecule has 9 heteroatoms. The van der Waals surface area contributed by atoms with Gasteiger partial charge in [-0.25, -0.2) is 9.78 Å². The fourth-order valence-electron chi connectivity index (χ4n) is 2.96. The predicted molar refractivity (Wildman–Crippen MR) is 109 cm³/mol. The smallest absolute Gasteiger partial charge is 0.387 e. The van der Waals surface area contributed by atoms with E-state index in [-0.39, 0.29) is 18.7 Å². The Hall–Kier alpha value is -2.91. The van der Waals surface area contributed by atoms with E-state index >= 15 is 0 Å². The standard InChI is InChI=1S/C21H20F3N3O2S/c1-14-13-30-19(25-14)26-20(29)27(11-15-7-3-2-4-8-15)12-18(28)16-9-5-6-10-17(16)21(22,23)24/h2-10,13,18,28H,11-12H2,1H3,(H,25,26,29)/t18-/m1/s1. The molecule has 0 bridgehead atoms. The average molecular weight is 435 g/mol. The molecule has 5 nitrogen and oxygen atoms in total. The normalized spacial score (nSPS) is 12.4. The maximum absolute atomic E-state index is 13.3. The molecule has 0 aliphatic heterocycles. The van der Waals surface area contributed by atoms with E-state index < -0.39 is 23.9 Å². The minimum Gasteiger partial charge on any atom is -0.387 e. The summed E-state index contributed by atoms with van der Waals surface area (Å²) in [4.78, 5) is 18.3. The number of alkyl halides is 3. The number of carbonyl (C=O) groups is 1. The highest BCUT2D eigenvalue weighted by molar-refractivity contribution is 7.13. The second kappa shape index (κ2) is 9.27. The van der Waals surface area contributed by atoms with Crippen LogP contribution in [0.15, 0.2) is 60.0 Å². The van der Waals surface area contributed by atoms with E-state index in [2.05, 4.69) is 10.3 Å². The van der Waals surface area contributed by atoms with Gasteiger partial charge in [0.05, 0.1) is 23.9 Å². The van der Waals surface area contributed by atoms with E-state index in [4.69, 9.17) is 0 Å². The van der Waals surface area contributed by atoms with Gasteiger partial charge in [-0.2, -0.15) is 13.2 Å². The number of urea groups is 1. The monoisotopic (exact) mass is 435 g/mol. The minimum absolute atomic E-state index is 0.113. The molecule has 0 aliphatic rings. The number of aromatic nitrogens is 1. The van der Waals surface area contributed by atoms with Crippen molar-refractivity contribution in [3.05, 3.63) is 82.4 Å². The molecular formula is C21H20F3N3O2S. The lowest BCUT2D eigenvalue weighted by atomic mass is 10.0. The van der Waals surface area contributed by atoms with Gasteiger partial charge in [0.2, 0.25) is 0 Å². The van der Waals surface area contributed by atoms with E-state index in [1.807, 2.05) is 6.07 Å². The first-order chi connectivity index (χ1) is 14.2. The Balaban J connectivity index is 1.84. The molecule has 3 aromatic rings. The van der Waals surface area contributed by atoms with Crippen molar-refractivity contribution in [1.82, 2.24) is 9.88 Å². The third-order valence-electron chi connectivity index (χ3n) is 4.35. The van der Waals surface area contributed by atoms with Crippen LogP contribution < -0.4 is 5.32 Å². The molecule has 3 rings (SSSR count). The van der Waals surface area contributed by atoms with Gasteiger partial charge in [-0.05, 0) is 24.1 Å². The van der Waals surface area contributed by atoms with Crippen molar-refractivity contribution in [2.24, 2.45) is 0 Å². The number of carbonyl (C=O) groups excluding carboxylic acids is 1. The molecule has 0 saturated carbocycles. The average Bonchev–Trinajstić information content (AvgIpc) is 3.12. The summed E-state index contributed by atoms with van der Waals surface area (Å²) in [5.41, 5.74) is 0.317. The van der Waals surface area contributed by atoms with Gasteiger partial charge in [0, 0.05) is 11.9 Å². The van der Waals surface area contributed by atoms with Gasteiger partial charge in [-0.3, -0.25) is 5.32 Å². The Labute approximate surface area is 175 Å². The van der Waals surface area contributed by atoms with Gasteiger partial charge in [-0.1, -0.05) is 48.5 Å². The summed E-state index contributed by atoms with van der Waals surface area (Å²) < 4.78 is 40.0. The molecule has 1 aromatic heterocycles. The van der Waals surface area contributed by atoms with Gasteiger partial charge in [0.15, 0.2) is 5.13 Å². The van der Waals surface area contributed by atoms with Crippen LogP contribution in [0.2, 0.25) is 0 Å². The maximum Gasteiger partial charge on any atom is 0.416 e. The number of aryl methyl sites for hydroxylation is 1. The number of nitrogens with zero attached hydrogens (tertiary/aromatic N) is 2.